The van der Waals surface area contributed by atoms with Gasteiger partial charge in [-0.15, -0.1) is 0 Å². The number of hydrogen-bond donors (Lipinski definition) is 4. The minimum atomic E-state index is -1.08. The molecule has 0 aromatic rings. The predicted molar refractivity (Wildman–Crippen MR) is 42.0 cm³/mol. The molecule has 7 nitrogen and oxygen atoms in total. The van der Waals surface area contributed by atoms with Crippen LogP contribution in [0, 0.1) is 0 Å². The minimum Gasteiger partial charge on any atom is -0.480 e. The maximum absolute atomic E-state index is 10.2. The first-order valence-corrected chi connectivity index (χ1v) is 3.23. The smallest absolute Gasteiger partial charge is 0.320 e. The molecule has 7 N–H and O–H groups in total. The summed E-state index contributed by atoms with van der Waals surface area (Å²) >= 11 is 0. The predicted octanol–water partition coefficient (Wildman–Crippen LogP) is -2.01. The number of carbonyl (C=O) groups is 1. The molecule has 0 amide bonds. The fraction of sp³-hybridized carbons (Fsp3) is 0.600. The van der Waals surface area contributed by atoms with E-state index in [1.54, 1.807) is 0 Å². The number of carboxylic acid groups (broad SMARTS) is 1. The summed E-state index contributed by atoms with van der Waals surface area (Å²) in [7, 11) is 0. The van der Waals surface area contributed by atoms with Crippen molar-refractivity contribution in [3.05, 3.63) is 0 Å². The molecule has 0 aromatic carbocycles. The molecule has 0 heterocycles. The Hall–Kier alpha value is -1.50. The molecular weight excluding hydrogens is 164 g/mol. The van der Waals surface area contributed by atoms with Crippen LogP contribution in [0.2, 0.25) is 0 Å². The van der Waals surface area contributed by atoms with Crippen molar-refractivity contribution in [1.29, 1.82) is 0 Å². The van der Waals surface area contributed by atoms with Gasteiger partial charge in [-0.25, -0.2) is 0 Å². The number of carboxylic acids is 1. The van der Waals surface area contributed by atoms with E-state index in [1.807, 2.05) is 0 Å². The van der Waals surface area contributed by atoms with E-state index in [-0.39, 0.29) is 19.0 Å². The molecule has 0 aliphatic carbocycles. The van der Waals surface area contributed by atoms with Gasteiger partial charge in [0, 0.05) is 6.42 Å². The standard InChI is InChI=1S/C5H12N4O3/c6-3(4(10)11)1-2-12-9-5(7)8/h3H,1-2,6H2,(H,10,11)(H4,7,8,9)/t3-/m1/s1. The average molecular weight is 176 g/mol. The Morgan fingerprint density at radius 2 is 2.17 bits per heavy atom. The maximum Gasteiger partial charge on any atom is 0.320 e. The molecule has 7 heteroatoms. The SMILES string of the molecule is NC(N)=NOCC[C@@H](N)C(=O)O. The van der Waals surface area contributed by atoms with Crippen molar-refractivity contribution in [2.45, 2.75) is 12.5 Å². The number of nitrogens with two attached hydrogens (primary N) is 3. The van der Waals surface area contributed by atoms with E-state index in [0.29, 0.717) is 0 Å². The van der Waals surface area contributed by atoms with Gasteiger partial charge in [0.25, 0.3) is 0 Å². The number of hydrogen-bond acceptors (Lipinski definition) is 4. The molecule has 0 radical (unpaired) electrons. The Morgan fingerprint density at radius 1 is 1.58 bits per heavy atom. The van der Waals surface area contributed by atoms with Gasteiger partial charge in [-0.05, 0) is 5.16 Å². The van der Waals surface area contributed by atoms with E-state index in [4.69, 9.17) is 22.3 Å². The van der Waals surface area contributed by atoms with Gasteiger partial charge in [0.1, 0.15) is 12.6 Å². The zero-order valence-electron chi connectivity index (χ0n) is 6.43. The van der Waals surface area contributed by atoms with Crippen LogP contribution >= 0.6 is 0 Å². The molecule has 12 heavy (non-hydrogen) atoms. The zero-order chi connectivity index (χ0) is 9.56. The van der Waals surface area contributed by atoms with E-state index >= 15 is 0 Å². The molecule has 0 bridgehead atoms. The lowest BCUT2D eigenvalue weighted by molar-refractivity contribution is -0.139. The lowest BCUT2D eigenvalue weighted by atomic mass is 10.2. The van der Waals surface area contributed by atoms with Crippen LogP contribution in [0.1, 0.15) is 6.42 Å². The number of guanidine groups is 1. The largest absolute Gasteiger partial charge is 0.480 e. The molecule has 0 aliphatic rings. The third-order valence-corrected chi connectivity index (χ3v) is 1.01. The van der Waals surface area contributed by atoms with Crippen molar-refractivity contribution in [3.8, 4) is 0 Å². The Kier molecular flexibility index (Phi) is 4.54. The molecule has 0 saturated carbocycles. The molecule has 0 aromatic heterocycles. The third-order valence-electron chi connectivity index (χ3n) is 1.01. The first-order valence-electron chi connectivity index (χ1n) is 3.23. The number of aliphatic carboxylic acids is 1. The summed E-state index contributed by atoms with van der Waals surface area (Å²) in [5.41, 5.74) is 15.0. The summed E-state index contributed by atoms with van der Waals surface area (Å²) in [6, 6.07) is -0.945. The molecule has 0 saturated heterocycles. The van der Waals surface area contributed by atoms with Gasteiger partial charge < -0.3 is 27.1 Å². The summed E-state index contributed by atoms with van der Waals surface area (Å²) in [6.45, 7) is 0.0748. The summed E-state index contributed by atoms with van der Waals surface area (Å²) in [5.74, 6) is -1.29. The van der Waals surface area contributed by atoms with Gasteiger partial charge >= 0.3 is 5.97 Å². The first-order chi connectivity index (χ1) is 5.54. The van der Waals surface area contributed by atoms with E-state index in [1.165, 1.54) is 0 Å². The summed E-state index contributed by atoms with van der Waals surface area (Å²) in [6.07, 6.45) is 0.159. The van der Waals surface area contributed by atoms with Crippen LogP contribution < -0.4 is 17.2 Å². The highest BCUT2D eigenvalue weighted by Gasteiger charge is 2.10. The average Bonchev–Trinajstić information content (AvgIpc) is 1.97. The topological polar surface area (TPSA) is 137 Å². The lowest BCUT2D eigenvalue weighted by Gasteiger charge is -2.03. The number of nitrogens with zero attached hydrogens (tertiary/aromatic N) is 1. The van der Waals surface area contributed by atoms with E-state index in [2.05, 4.69) is 9.99 Å². The molecule has 1 atom stereocenters. The van der Waals surface area contributed by atoms with Crippen LogP contribution in [0.15, 0.2) is 5.16 Å². The molecule has 0 fully saturated rings. The highest BCUT2D eigenvalue weighted by molar-refractivity contribution is 5.75. The van der Waals surface area contributed by atoms with E-state index < -0.39 is 12.0 Å². The second-order valence-corrected chi connectivity index (χ2v) is 2.08. The van der Waals surface area contributed by atoms with Crippen LogP contribution in [0.3, 0.4) is 0 Å². The fourth-order valence-electron chi connectivity index (χ4n) is 0.423. The monoisotopic (exact) mass is 176 g/mol. The number of oxime groups is 1. The van der Waals surface area contributed by atoms with Crippen molar-refractivity contribution in [3.63, 3.8) is 0 Å². The van der Waals surface area contributed by atoms with Crippen LogP contribution in [-0.4, -0.2) is 29.7 Å². The van der Waals surface area contributed by atoms with Gasteiger partial charge in [-0.1, -0.05) is 0 Å². The van der Waals surface area contributed by atoms with Gasteiger partial charge in [0.2, 0.25) is 5.96 Å². The van der Waals surface area contributed by atoms with Gasteiger partial charge in [0.15, 0.2) is 0 Å². The second-order valence-electron chi connectivity index (χ2n) is 2.08. The molecule has 0 spiro atoms. The maximum atomic E-state index is 10.2. The van der Waals surface area contributed by atoms with Crippen molar-refractivity contribution in [2.75, 3.05) is 6.61 Å². The minimum absolute atomic E-state index is 0.0748. The second kappa shape index (κ2) is 5.19. The van der Waals surface area contributed by atoms with Crippen LogP contribution in [0.5, 0.6) is 0 Å². The van der Waals surface area contributed by atoms with Gasteiger partial charge in [-0.2, -0.15) is 0 Å². The highest BCUT2D eigenvalue weighted by atomic mass is 16.6. The molecule has 0 unspecified atom stereocenters. The molecular formula is C5H12N4O3. The van der Waals surface area contributed by atoms with E-state index in [0.717, 1.165) is 0 Å². The van der Waals surface area contributed by atoms with E-state index in [9.17, 15) is 4.79 Å². The third kappa shape index (κ3) is 5.30. The summed E-state index contributed by atoms with van der Waals surface area (Å²) in [5, 5.41) is 11.5. The Labute approximate surface area is 69.1 Å². The molecule has 70 valence electrons. The Morgan fingerprint density at radius 3 is 2.58 bits per heavy atom. The zero-order valence-corrected chi connectivity index (χ0v) is 6.43. The fourth-order valence-corrected chi connectivity index (χ4v) is 0.423. The van der Waals surface area contributed by atoms with Gasteiger partial charge in [-0.3, -0.25) is 4.79 Å². The quantitative estimate of drug-likeness (QED) is 0.165. The Bertz CT molecular complexity index is 178. The van der Waals surface area contributed by atoms with Crippen LogP contribution in [0.25, 0.3) is 0 Å². The molecule has 0 aliphatic heterocycles. The highest BCUT2D eigenvalue weighted by Crippen LogP contribution is 1.89. The van der Waals surface area contributed by atoms with Crippen LogP contribution in [-0.2, 0) is 9.63 Å². The Balaban J connectivity index is 3.44. The normalized spacial score (nSPS) is 11.8. The first kappa shape index (κ1) is 10.5. The summed E-state index contributed by atoms with van der Waals surface area (Å²) in [4.78, 5) is 14.7. The number of rotatable bonds is 5. The summed E-state index contributed by atoms with van der Waals surface area (Å²) < 4.78 is 0. The molecule has 0 rings (SSSR count). The van der Waals surface area contributed by atoms with Crippen molar-refractivity contribution < 1.29 is 14.7 Å². The van der Waals surface area contributed by atoms with Crippen molar-refractivity contribution >= 4 is 11.9 Å². The van der Waals surface area contributed by atoms with Gasteiger partial charge in [0.05, 0.1) is 0 Å². The van der Waals surface area contributed by atoms with Crippen LogP contribution in [0.4, 0.5) is 0 Å². The lowest BCUT2D eigenvalue weighted by Crippen LogP contribution is -2.31. The van der Waals surface area contributed by atoms with Crippen molar-refractivity contribution in [1.82, 2.24) is 0 Å². The van der Waals surface area contributed by atoms with Crippen molar-refractivity contribution in [2.24, 2.45) is 22.4 Å².